The predicted molar refractivity (Wildman–Crippen MR) is 117 cm³/mol. The van der Waals surface area contributed by atoms with Crippen LogP contribution in [0, 0.1) is 23.7 Å². The van der Waals surface area contributed by atoms with E-state index in [1.165, 1.54) is 24.5 Å². The van der Waals surface area contributed by atoms with E-state index in [9.17, 15) is 19.5 Å². The second kappa shape index (κ2) is 11.9. The van der Waals surface area contributed by atoms with Gasteiger partial charge in [0.05, 0.1) is 12.6 Å². The number of aliphatic hydroxyl groups is 1. The van der Waals surface area contributed by atoms with Gasteiger partial charge >= 0.3 is 0 Å². The lowest BCUT2D eigenvalue weighted by Crippen LogP contribution is -2.51. The van der Waals surface area contributed by atoms with E-state index < -0.39 is 24.0 Å². The maximum absolute atomic E-state index is 12.2. The maximum Gasteiger partial charge on any atom is 0.268 e. The molecule has 0 bridgehead atoms. The van der Waals surface area contributed by atoms with Gasteiger partial charge in [0.2, 0.25) is 5.91 Å². The lowest BCUT2D eigenvalue weighted by molar-refractivity contribution is -0.133. The summed E-state index contributed by atoms with van der Waals surface area (Å²) in [4.78, 5) is 35.0. The highest BCUT2D eigenvalue weighted by molar-refractivity contribution is 5.97. The Morgan fingerprint density at radius 3 is 1.97 bits per heavy atom. The van der Waals surface area contributed by atoms with Crippen LogP contribution in [-0.2, 0) is 9.59 Å². The molecule has 0 aliphatic rings. The monoisotopic (exact) mass is 434 g/mol. The summed E-state index contributed by atoms with van der Waals surface area (Å²) in [6.45, 7) is 1.22. The van der Waals surface area contributed by atoms with Crippen molar-refractivity contribution >= 4 is 23.4 Å². The number of hydroxylamine groups is 1. The summed E-state index contributed by atoms with van der Waals surface area (Å²) in [5.74, 6) is 9.36. The topological polar surface area (TPSA) is 154 Å². The molecule has 0 aliphatic carbocycles. The van der Waals surface area contributed by atoms with Crippen LogP contribution in [0.1, 0.15) is 28.4 Å². The number of anilines is 1. The number of nitrogens with two attached hydrogens (primary N) is 1. The van der Waals surface area contributed by atoms with Crippen LogP contribution in [0.5, 0.6) is 0 Å². The van der Waals surface area contributed by atoms with Gasteiger partial charge in [-0.05, 0) is 67.3 Å². The zero-order valence-corrected chi connectivity index (χ0v) is 17.2. The molecule has 164 valence electrons. The molecule has 2 unspecified atom stereocenters. The van der Waals surface area contributed by atoms with E-state index >= 15 is 0 Å². The van der Waals surface area contributed by atoms with Gasteiger partial charge in [0.25, 0.3) is 11.8 Å². The van der Waals surface area contributed by atoms with Gasteiger partial charge < -0.3 is 21.5 Å². The number of carbonyl (C=O) groups is 3. The lowest BCUT2D eigenvalue weighted by Gasteiger charge is -2.19. The van der Waals surface area contributed by atoms with Crippen molar-refractivity contribution < 1.29 is 24.7 Å². The Morgan fingerprint density at radius 2 is 1.50 bits per heavy atom. The predicted octanol–water partition coefficient (Wildman–Crippen LogP) is -0.0284. The third-order valence-electron chi connectivity index (χ3n) is 4.14. The molecular formula is C23H22N4O5. The normalized spacial score (nSPS) is 11.5. The zero-order valence-electron chi connectivity index (χ0n) is 17.2. The van der Waals surface area contributed by atoms with E-state index in [-0.39, 0.29) is 18.0 Å². The molecule has 3 amide bonds. The van der Waals surface area contributed by atoms with Crippen molar-refractivity contribution in [1.29, 1.82) is 0 Å². The average molecular weight is 434 g/mol. The summed E-state index contributed by atoms with van der Waals surface area (Å²) in [6, 6.07) is 11.9. The standard InChI is InChI=1S/C23H22N4O5/c1-15(28)21(23(31)27-32)26-22(30)18-10-6-16(7-11-18)4-2-3-5-17-8-12-19(13-9-17)25-20(29)14-24/h6-13,15,21,28,32H,14,24H2,1H3,(H,25,29)(H,26,30)(H,27,31). The number of benzene rings is 2. The van der Waals surface area contributed by atoms with Gasteiger partial charge in [-0.25, -0.2) is 5.48 Å². The molecule has 7 N–H and O–H groups in total. The van der Waals surface area contributed by atoms with Crippen LogP contribution >= 0.6 is 0 Å². The second-order valence-electron chi connectivity index (χ2n) is 6.57. The van der Waals surface area contributed by atoms with Gasteiger partial charge in [-0.2, -0.15) is 0 Å². The molecule has 0 saturated heterocycles. The third kappa shape index (κ3) is 7.27. The maximum atomic E-state index is 12.2. The van der Waals surface area contributed by atoms with Gasteiger partial charge in [-0.1, -0.05) is 11.8 Å². The summed E-state index contributed by atoms with van der Waals surface area (Å²) in [7, 11) is 0. The Hall–Kier alpha value is -4.15. The third-order valence-corrected chi connectivity index (χ3v) is 4.14. The molecule has 2 rings (SSSR count). The number of amides is 3. The quantitative estimate of drug-likeness (QED) is 0.213. The number of hydrogen-bond acceptors (Lipinski definition) is 6. The van der Waals surface area contributed by atoms with Gasteiger partial charge in [-0.15, -0.1) is 0 Å². The smallest absolute Gasteiger partial charge is 0.268 e. The van der Waals surface area contributed by atoms with E-state index in [4.69, 9.17) is 10.9 Å². The molecule has 0 spiro atoms. The van der Waals surface area contributed by atoms with Crippen molar-refractivity contribution in [3.05, 3.63) is 65.2 Å². The molecule has 2 aromatic rings. The minimum atomic E-state index is -1.30. The number of nitrogens with one attached hydrogen (secondary N) is 3. The molecule has 32 heavy (non-hydrogen) atoms. The Morgan fingerprint density at radius 1 is 0.969 bits per heavy atom. The minimum absolute atomic E-state index is 0.0912. The van der Waals surface area contributed by atoms with E-state index in [0.717, 1.165) is 5.56 Å². The highest BCUT2D eigenvalue weighted by atomic mass is 16.5. The fourth-order valence-electron chi connectivity index (χ4n) is 2.46. The lowest BCUT2D eigenvalue weighted by atomic mass is 10.1. The molecule has 0 aliphatic heterocycles. The summed E-state index contributed by atoms with van der Waals surface area (Å²) in [5.41, 5.74) is 8.86. The molecule has 9 nitrogen and oxygen atoms in total. The highest BCUT2D eigenvalue weighted by Crippen LogP contribution is 2.08. The van der Waals surface area contributed by atoms with Gasteiger partial charge in [0, 0.05) is 22.4 Å². The summed E-state index contributed by atoms with van der Waals surface area (Å²) >= 11 is 0. The number of hydrogen-bond donors (Lipinski definition) is 6. The Bertz CT molecular complexity index is 1090. The van der Waals surface area contributed by atoms with Crippen molar-refractivity contribution in [2.45, 2.75) is 19.1 Å². The molecule has 0 saturated carbocycles. The number of carbonyl (C=O) groups excluding carboxylic acids is 3. The molecule has 0 heterocycles. The second-order valence-corrected chi connectivity index (χ2v) is 6.57. The molecular weight excluding hydrogens is 412 g/mol. The van der Waals surface area contributed by atoms with E-state index in [1.807, 2.05) is 0 Å². The first-order valence-electron chi connectivity index (χ1n) is 9.49. The van der Waals surface area contributed by atoms with E-state index in [0.29, 0.717) is 11.3 Å². The Labute approximate surface area is 185 Å². The first-order valence-corrected chi connectivity index (χ1v) is 9.49. The van der Waals surface area contributed by atoms with Gasteiger partial charge in [-0.3, -0.25) is 19.6 Å². The fraction of sp³-hybridized carbons (Fsp3) is 0.174. The molecule has 2 atom stereocenters. The molecule has 9 heteroatoms. The first-order chi connectivity index (χ1) is 15.3. The molecule has 2 aromatic carbocycles. The van der Waals surface area contributed by atoms with Crippen molar-refractivity contribution in [3.8, 4) is 23.7 Å². The van der Waals surface area contributed by atoms with E-state index in [1.54, 1.807) is 36.4 Å². The van der Waals surface area contributed by atoms with Crippen LogP contribution in [0.3, 0.4) is 0 Å². The van der Waals surface area contributed by atoms with E-state index in [2.05, 4.69) is 34.3 Å². The Kier molecular flexibility index (Phi) is 8.96. The van der Waals surface area contributed by atoms with Crippen molar-refractivity contribution in [2.75, 3.05) is 11.9 Å². The first kappa shape index (κ1) is 24.1. The van der Waals surface area contributed by atoms with Crippen LogP contribution in [0.25, 0.3) is 0 Å². The van der Waals surface area contributed by atoms with Crippen LogP contribution in [0.4, 0.5) is 5.69 Å². The summed E-state index contributed by atoms with van der Waals surface area (Å²) in [6.07, 6.45) is -1.20. The van der Waals surface area contributed by atoms with Crippen molar-refractivity contribution in [3.63, 3.8) is 0 Å². The Balaban J connectivity index is 1.99. The summed E-state index contributed by atoms with van der Waals surface area (Å²) in [5, 5.41) is 23.2. The highest BCUT2D eigenvalue weighted by Gasteiger charge is 2.25. The number of aliphatic hydroxyl groups excluding tert-OH is 1. The largest absolute Gasteiger partial charge is 0.391 e. The van der Waals surface area contributed by atoms with Crippen molar-refractivity contribution in [2.24, 2.45) is 5.73 Å². The number of rotatable bonds is 6. The summed E-state index contributed by atoms with van der Waals surface area (Å²) < 4.78 is 0. The van der Waals surface area contributed by atoms with Gasteiger partial charge in [0.15, 0.2) is 0 Å². The zero-order chi connectivity index (χ0) is 23.5. The molecule has 0 radical (unpaired) electrons. The van der Waals surface area contributed by atoms with Crippen molar-refractivity contribution in [1.82, 2.24) is 10.8 Å². The average Bonchev–Trinajstić information content (AvgIpc) is 2.80. The van der Waals surface area contributed by atoms with Crippen LogP contribution < -0.4 is 21.8 Å². The van der Waals surface area contributed by atoms with Gasteiger partial charge in [0.1, 0.15) is 6.04 Å². The van der Waals surface area contributed by atoms with Crippen LogP contribution in [0.2, 0.25) is 0 Å². The van der Waals surface area contributed by atoms with Crippen LogP contribution in [-0.4, -0.2) is 46.7 Å². The fourth-order valence-corrected chi connectivity index (χ4v) is 2.46. The SMILES string of the molecule is CC(O)C(NC(=O)c1ccc(C#CC#Cc2ccc(NC(=O)CN)cc2)cc1)C(=O)NO. The van der Waals surface area contributed by atoms with Crippen LogP contribution in [0.15, 0.2) is 48.5 Å². The molecule has 0 aromatic heterocycles. The molecule has 0 fully saturated rings. The minimum Gasteiger partial charge on any atom is -0.391 e.